The highest BCUT2D eigenvalue weighted by molar-refractivity contribution is 6.30. The van der Waals surface area contributed by atoms with Gasteiger partial charge in [0.1, 0.15) is 0 Å². The summed E-state index contributed by atoms with van der Waals surface area (Å²) in [5, 5.41) is 12.9. The molecule has 0 aliphatic carbocycles. The molecule has 2 N–H and O–H groups in total. The molecule has 0 radical (unpaired) electrons. The quantitative estimate of drug-likeness (QED) is 0.785. The van der Waals surface area contributed by atoms with Crippen molar-refractivity contribution in [2.45, 2.75) is 31.5 Å². The second kappa shape index (κ2) is 6.89. The molecule has 1 aromatic rings. The summed E-state index contributed by atoms with van der Waals surface area (Å²) in [4.78, 5) is 10.7. The van der Waals surface area contributed by atoms with Crippen molar-refractivity contribution in [2.24, 2.45) is 0 Å². The summed E-state index contributed by atoms with van der Waals surface area (Å²) in [5.74, 6) is -0.858. The van der Waals surface area contributed by atoms with Crippen molar-refractivity contribution < 1.29 is 14.6 Å². The minimum atomic E-state index is -0.858. The highest BCUT2D eigenvalue weighted by Gasteiger charge is 2.29. The van der Waals surface area contributed by atoms with Crippen LogP contribution < -0.4 is 5.32 Å². The molecule has 1 fully saturated rings. The molecular weight excluding hydrogens is 266 g/mol. The molecule has 2 atom stereocenters. The molecule has 5 heteroatoms. The van der Waals surface area contributed by atoms with Gasteiger partial charge in [-0.15, -0.1) is 0 Å². The zero-order valence-corrected chi connectivity index (χ0v) is 11.4. The average molecular weight is 284 g/mol. The minimum Gasteiger partial charge on any atom is -0.479 e. The Morgan fingerprint density at radius 1 is 1.37 bits per heavy atom. The van der Waals surface area contributed by atoms with Crippen molar-refractivity contribution in [1.29, 1.82) is 0 Å². The van der Waals surface area contributed by atoms with Crippen molar-refractivity contribution in [3.63, 3.8) is 0 Å². The summed E-state index contributed by atoms with van der Waals surface area (Å²) < 4.78 is 5.41. The van der Waals surface area contributed by atoms with E-state index < -0.39 is 12.1 Å². The van der Waals surface area contributed by atoms with Gasteiger partial charge in [-0.05, 0) is 43.5 Å². The van der Waals surface area contributed by atoms with E-state index in [-0.39, 0.29) is 6.10 Å². The number of hydrogen-bond acceptors (Lipinski definition) is 3. The van der Waals surface area contributed by atoms with Crippen molar-refractivity contribution in [3.8, 4) is 0 Å². The van der Waals surface area contributed by atoms with Gasteiger partial charge in [0, 0.05) is 11.6 Å². The summed E-state index contributed by atoms with van der Waals surface area (Å²) in [6.07, 6.45) is 1.74. The van der Waals surface area contributed by atoms with Gasteiger partial charge in [0.15, 0.2) is 6.10 Å². The Labute approximate surface area is 117 Å². The van der Waals surface area contributed by atoms with Crippen LogP contribution in [0.25, 0.3) is 0 Å². The van der Waals surface area contributed by atoms with E-state index in [1.807, 2.05) is 24.3 Å². The standard InChI is InChI=1S/C14H18ClNO3/c15-11-3-1-10(2-4-11)7-8-16-9-12-5-6-13(19-12)14(17)18/h1-4,12-13,16H,5-9H2,(H,17,18). The van der Waals surface area contributed by atoms with E-state index in [9.17, 15) is 4.79 Å². The lowest BCUT2D eigenvalue weighted by molar-refractivity contribution is -0.149. The van der Waals surface area contributed by atoms with Crippen molar-refractivity contribution in [3.05, 3.63) is 34.9 Å². The topological polar surface area (TPSA) is 58.6 Å². The molecule has 0 aromatic heterocycles. The first-order chi connectivity index (χ1) is 9.15. The van der Waals surface area contributed by atoms with E-state index in [1.165, 1.54) is 5.56 Å². The minimum absolute atomic E-state index is 0.0197. The Bertz CT molecular complexity index is 421. The number of carboxylic acids is 1. The van der Waals surface area contributed by atoms with Gasteiger partial charge < -0.3 is 15.2 Å². The van der Waals surface area contributed by atoms with Gasteiger partial charge >= 0.3 is 5.97 Å². The van der Waals surface area contributed by atoms with E-state index in [0.717, 1.165) is 24.4 Å². The van der Waals surface area contributed by atoms with Gasteiger partial charge in [-0.1, -0.05) is 23.7 Å². The molecule has 0 amide bonds. The third-order valence-corrected chi connectivity index (χ3v) is 3.51. The maximum absolute atomic E-state index is 10.7. The molecule has 4 nitrogen and oxygen atoms in total. The molecule has 2 unspecified atom stereocenters. The summed E-state index contributed by atoms with van der Waals surface area (Å²) in [6.45, 7) is 1.55. The summed E-state index contributed by atoms with van der Waals surface area (Å²) >= 11 is 5.82. The summed E-state index contributed by atoms with van der Waals surface area (Å²) in [7, 11) is 0. The second-order valence-electron chi connectivity index (χ2n) is 4.74. The van der Waals surface area contributed by atoms with E-state index in [1.54, 1.807) is 0 Å². The lowest BCUT2D eigenvalue weighted by Crippen LogP contribution is -2.30. The Kier molecular flexibility index (Phi) is 5.19. The molecule has 104 valence electrons. The molecule has 0 saturated carbocycles. The van der Waals surface area contributed by atoms with E-state index in [0.29, 0.717) is 13.0 Å². The predicted molar refractivity (Wildman–Crippen MR) is 73.6 cm³/mol. The van der Waals surface area contributed by atoms with Gasteiger partial charge in [-0.2, -0.15) is 0 Å². The third kappa shape index (κ3) is 4.49. The van der Waals surface area contributed by atoms with Crippen LogP contribution in [0.3, 0.4) is 0 Å². The predicted octanol–water partition coefficient (Wildman–Crippen LogP) is 2.10. The fraction of sp³-hybridized carbons (Fsp3) is 0.500. The molecule has 0 bridgehead atoms. The number of ether oxygens (including phenoxy) is 1. The van der Waals surface area contributed by atoms with Gasteiger partial charge in [0.05, 0.1) is 6.10 Å². The molecule has 1 aromatic carbocycles. The van der Waals surface area contributed by atoms with Crippen LogP contribution in [0.5, 0.6) is 0 Å². The monoisotopic (exact) mass is 283 g/mol. The smallest absolute Gasteiger partial charge is 0.332 e. The zero-order valence-electron chi connectivity index (χ0n) is 10.6. The number of hydrogen-bond donors (Lipinski definition) is 2. The van der Waals surface area contributed by atoms with Crippen LogP contribution in [-0.4, -0.2) is 36.4 Å². The van der Waals surface area contributed by atoms with Crippen LogP contribution in [-0.2, 0) is 16.0 Å². The Balaban J connectivity index is 1.62. The number of carboxylic acid groups (broad SMARTS) is 1. The SMILES string of the molecule is O=C(O)C1CCC(CNCCc2ccc(Cl)cc2)O1. The Morgan fingerprint density at radius 2 is 2.11 bits per heavy atom. The van der Waals surface area contributed by atoms with E-state index in [2.05, 4.69) is 5.32 Å². The number of benzene rings is 1. The second-order valence-corrected chi connectivity index (χ2v) is 5.18. The first-order valence-electron chi connectivity index (χ1n) is 6.48. The Morgan fingerprint density at radius 3 is 2.74 bits per heavy atom. The Hall–Kier alpha value is -1.10. The van der Waals surface area contributed by atoms with Gasteiger partial charge in [-0.3, -0.25) is 0 Å². The van der Waals surface area contributed by atoms with E-state index in [4.69, 9.17) is 21.4 Å². The van der Waals surface area contributed by atoms with Crippen LogP contribution >= 0.6 is 11.6 Å². The van der Waals surface area contributed by atoms with Crippen molar-refractivity contribution >= 4 is 17.6 Å². The van der Waals surface area contributed by atoms with E-state index >= 15 is 0 Å². The molecule has 2 rings (SSSR count). The van der Waals surface area contributed by atoms with Crippen LogP contribution in [0.15, 0.2) is 24.3 Å². The summed E-state index contributed by atoms with van der Waals surface area (Å²) in [6, 6.07) is 7.79. The molecule has 1 aliphatic heterocycles. The maximum Gasteiger partial charge on any atom is 0.332 e. The highest BCUT2D eigenvalue weighted by Crippen LogP contribution is 2.19. The molecule has 19 heavy (non-hydrogen) atoms. The lowest BCUT2D eigenvalue weighted by atomic mass is 10.1. The van der Waals surface area contributed by atoms with Crippen LogP contribution in [0.4, 0.5) is 0 Å². The number of aliphatic carboxylic acids is 1. The fourth-order valence-electron chi connectivity index (χ4n) is 2.18. The maximum atomic E-state index is 10.7. The highest BCUT2D eigenvalue weighted by atomic mass is 35.5. The molecule has 1 saturated heterocycles. The van der Waals surface area contributed by atoms with Crippen molar-refractivity contribution in [1.82, 2.24) is 5.32 Å². The fourth-order valence-corrected chi connectivity index (χ4v) is 2.31. The molecule has 1 heterocycles. The van der Waals surface area contributed by atoms with Gasteiger partial charge in [0.2, 0.25) is 0 Å². The number of halogens is 1. The first kappa shape index (κ1) is 14.3. The van der Waals surface area contributed by atoms with Gasteiger partial charge in [0.25, 0.3) is 0 Å². The number of carbonyl (C=O) groups is 1. The normalized spacial score (nSPS) is 22.6. The molecular formula is C14H18ClNO3. The number of rotatable bonds is 6. The number of nitrogens with one attached hydrogen (secondary N) is 1. The zero-order chi connectivity index (χ0) is 13.7. The molecule has 0 spiro atoms. The van der Waals surface area contributed by atoms with Crippen LogP contribution in [0, 0.1) is 0 Å². The van der Waals surface area contributed by atoms with Crippen LogP contribution in [0.1, 0.15) is 18.4 Å². The lowest BCUT2D eigenvalue weighted by Gasteiger charge is -2.12. The third-order valence-electron chi connectivity index (χ3n) is 3.26. The molecule has 1 aliphatic rings. The van der Waals surface area contributed by atoms with Crippen LogP contribution in [0.2, 0.25) is 5.02 Å². The van der Waals surface area contributed by atoms with Crippen molar-refractivity contribution in [2.75, 3.05) is 13.1 Å². The average Bonchev–Trinajstić information content (AvgIpc) is 2.86. The largest absolute Gasteiger partial charge is 0.479 e. The summed E-state index contributed by atoms with van der Waals surface area (Å²) in [5.41, 5.74) is 1.23. The van der Waals surface area contributed by atoms with Gasteiger partial charge in [-0.25, -0.2) is 4.79 Å². The first-order valence-corrected chi connectivity index (χ1v) is 6.86.